The molecule has 0 aliphatic rings. The number of allylic oxidation sites excluding steroid dienone is 1. The normalized spacial score (nSPS) is 14.7. The first kappa shape index (κ1) is 16.0. The fraction of sp³-hybridized carbons (Fsp3) is 0.867. The lowest BCUT2D eigenvalue weighted by molar-refractivity contribution is 0.413. The molecule has 0 spiro atoms. The van der Waals surface area contributed by atoms with Gasteiger partial charge in [0.2, 0.25) is 0 Å². The second-order valence-corrected chi connectivity index (χ2v) is 5.48. The summed E-state index contributed by atoms with van der Waals surface area (Å²) in [6.45, 7) is 8.34. The van der Waals surface area contributed by atoms with Gasteiger partial charge in [-0.1, -0.05) is 71.3 Å². The zero-order valence-electron chi connectivity index (χ0n) is 11.2. The van der Waals surface area contributed by atoms with Crippen LogP contribution in [0.15, 0.2) is 12.7 Å². The standard InChI is InChI=1S/C15H29Cl/c1-4-6-7-8-9-10-11-12-13-15(3,5-2)14-16/h5H,2,4,6-14H2,1,3H3. The fourth-order valence-electron chi connectivity index (χ4n) is 1.89. The molecule has 0 aromatic carbocycles. The summed E-state index contributed by atoms with van der Waals surface area (Å²) < 4.78 is 0. The van der Waals surface area contributed by atoms with Crippen LogP contribution in [0.1, 0.15) is 71.6 Å². The van der Waals surface area contributed by atoms with E-state index in [4.69, 9.17) is 11.6 Å². The van der Waals surface area contributed by atoms with E-state index in [1.165, 1.54) is 57.8 Å². The Bertz CT molecular complexity index is 165. The maximum absolute atomic E-state index is 5.93. The molecule has 0 amide bonds. The predicted octanol–water partition coefficient (Wildman–Crippen LogP) is 5.95. The largest absolute Gasteiger partial charge is 0.126 e. The molecule has 1 heteroatoms. The first-order valence-electron chi connectivity index (χ1n) is 6.88. The van der Waals surface area contributed by atoms with E-state index in [9.17, 15) is 0 Å². The molecule has 0 nitrogen and oxygen atoms in total. The van der Waals surface area contributed by atoms with E-state index in [-0.39, 0.29) is 5.41 Å². The van der Waals surface area contributed by atoms with E-state index in [1.807, 2.05) is 6.08 Å². The highest BCUT2D eigenvalue weighted by molar-refractivity contribution is 6.18. The summed E-state index contributed by atoms with van der Waals surface area (Å²) in [7, 11) is 0. The maximum Gasteiger partial charge on any atom is 0.0311 e. The van der Waals surface area contributed by atoms with Crippen LogP contribution in [0.25, 0.3) is 0 Å². The van der Waals surface area contributed by atoms with Crippen molar-refractivity contribution in [1.82, 2.24) is 0 Å². The van der Waals surface area contributed by atoms with Gasteiger partial charge in [0.15, 0.2) is 0 Å². The molecule has 0 bridgehead atoms. The molecule has 0 N–H and O–H groups in total. The van der Waals surface area contributed by atoms with Crippen molar-refractivity contribution < 1.29 is 0 Å². The van der Waals surface area contributed by atoms with E-state index >= 15 is 0 Å². The number of hydrogen-bond acceptors (Lipinski definition) is 0. The number of alkyl halides is 1. The van der Waals surface area contributed by atoms with Gasteiger partial charge in [-0.25, -0.2) is 0 Å². The molecule has 0 radical (unpaired) electrons. The molecule has 96 valence electrons. The highest BCUT2D eigenvalue weighted by atomic mass is 35.5. The topological polar surface area (TPSA) is 0 Å². The van der Waals surface area contributed by atoms with Gasteiger partial charge < -0.3 is 0 Å². The van der Waals surface area contributed by atoms with Crippen molar-refractivity contribution in [1.29, 1.82) is 0 Å². The minimum Gasteiger partial charge on any atom is -0.126 e. The molecule has 0 fully saturated rings. The summed E-state index contributed by atoms with van der Waals surface area (Å²) in [6.07, 6.45) is 14.2. The van der Waals surface area contributed by atoms with Crippen molar-refractivity contribution in [2.75, 3.05) is 5.88 Å². The van der Waals surface area contributed by atoms with Crippen molar-refractivity contribution in [2.24, 2.45) is 5.41 Å². The highest BCUT2D eigenvalue weighted by Gasteiger charge is 2.17. The highest BCUT2D eigenvalue weighted by Crippen LogP contribution is 2.27. The number of hydrogen-bond donors (Lipinski definition) is 0. The Morgan fingerprint density at radius 2 is 1.50 bits per heavy atom. The summed E-state index contributed by atoms with van der Waals surface area (Å²) in [5.74, 6) is 0.701. The summed E-state index contributed by atoms with van der Waals surface area (Å²) in [5, 5.41) is 0. The van der Waals surface area contributed by atoms with Crippen LogP contribution in [0.2, 0.25) is 0 Å². The third-order valence-electron chi connectivity index (χ3n) is 3.40. The van der Waals surface area contributed by atoms with Gasteiger partial charge in [0.05, 0.1) is 0 Å². The Labute approximate surface area is 107 Å². The Morgan fingerprint density at radius 3 is 1.94 bits per heavy atom. The molecule has 0 aromatic heterocycles. The van der Waals surface area contributed by atoms with Crippen LogP contribution in [-0.2, 0) is 0 Å². The Morgan fingerprint density at radius 1 is 1.00 bits per heavy atom. The fourth-order valence-corrected chi connectivity index (χ4v) is 2.13. The van der Waals surface area contributed by atoms with E-state index < -0.39 is 0 Å². The molecule has 0 saturated carbocycles. The van der Waals surface area contributed by atoms with Crippen LogP contribution in [0.4, 0.5) is 0 Å². The van der Waals surface area contributed by atoms with Gasteiger partial charge in [0.1, 0.15) is 0 Å². The minimum absolute atomic E-state index is 0.157. The average molecular weight is 245 g/mol. The second kappa shape index (κ2) is 10.2. The van der Waals surface area contributed by atoms with E-state index in [0.717, 1.165) is 0 Å². The van der Waals surface area contributed by atoms with Crippen molar-refractivity contribution >= 4 is 11.6 Å². The molecule has 0 aliphatic carbocycles. The third kappa shape index (κ3) is 8.21. The first-order chi connectivity index (χ1) is 7.68. The van der Waals surface area contributed by atoms with Gasteiger partial charge in [0.25, 0.3) is 0 Å². The van der Waals surface area contributed by atoms with Crippen molar-refractivity contribution in [3.05, 3.63) is 12.7 Å². The monoisotopic (exact) mass is 244 g/mol. The van der Waals surface area contributed by atoms with Crippen LogP contribution >= 0.6 is 11.6 Å². The van der Waals surface area contributed by atoms with E-state index in [1.54, 1.807) is 0 Å². The summed E-state index contributed by atoms with van der Waals surface area (Å²) >= 11 is 5.93. The summed E-state index contributed by atoms with van der Waals surface area (Å²) in [5.41, 5.74) is 0.157. The minimum atomic E-state index is 0.157. The second-order valence-electron chi connectivity index (χ2n) is 5.22. The van der Waals surface area contributed by atoms with Gasteiger partial charge in [-0.15, -0.1) is 18.2 Å². The molecule has 0 aromatic rings. The van der Waals surface area contributed by atoms with Crippen LogP contribution in [-0.4, -0.2) is 5.88 Å². The van der Waals surface area contributed by atoms with E-state index in [2.05, 4.69) is 20.4 Å². The Kier molecular flexibility index (Phi) is 10.2. The van der Waals surface area contributed by atoms with Gasteiger partial charge in [-0.05, 0) is 11.8 Å². The Balaban J connectivity index is 3.29. The van der Waals surface area contributed by atoms with Crippen LogP contribution in [0.5, 0.6) is 0 Å². The lowest BCUT2D eigenvalue weighted by Crippen LogP contribution is -2.14. The molecule has 0 aliphatic heterocycles. The number of rotatable bonds is 11. The van der Waals surface area contributed by atoms with Crippen molar-refractivity contribution in [2.45, 2.75) is 71.6 Å². The van der Waals surface area contributed by atoms with Gasteiger partial charge in [-0.2, -0.15) is 0 Å². The average Bonchev–Trinajstić information content (AvgIpc) is 2.32. The first-order valence-corrected chi connectivity index (χ1v) is 7.41. The number of halogens is 1. The molecule has 0 rings (SSSR count). The molecule has 1 unspecified atom stereocenters. The lowest BCUT2D eigenvalue weighted by Gasteiger charge is -2.22. The van der Waals surface area contributed by atoms with Gasteiger partial charge >= 0.3 is 0 Å². The smallest absolute Gasteiger partial charge is 0.0311 e. The van der Waals surface area contributed by atoms with Crippen LogP contribution < -0.4 is 0 Å². The zero-order chi connectivity index (χ0) is 12.3. The molecule has 16 heavy (non-hydrogen) atoms. The molecular weight excluding hydrogens is 216 g/mol. The van der Waals surface area contributed by atoms with Crippen LogP contribution in [0.3, 0.4) is 0 Å². The molecule has 1 atom stereocenters. The predicted molar refractivity (Wildman–Crippen MR) is 76.3 cm³/mol. The quantitative estimate of drug-likeness (QED) is 0.239. The number of unbranched alkanes of at least 4 members (excludes halogenated alkanes) is 7. The van der Waals surface area contributed by atoms with Gasteiger partial charge in [-0.3, -0.25) is 0 Å². The third-order valence-corrected chi connectivity index (χ3v) is 4.01. The van der Waals surface area contributed by atoms with Crippen LogP contribution in [0, 0.1) is 5.41 Å². The molecule has 0 saturated heterocycles. The Hall–Kier alpha value is 0.0300. The lowest BCUT2D eigenvalue weighted by atomic mass is 9.87. The zero-order valence-corrected chi connectivity index (χ0v) is 12.0. The van der Waals surface area contributed by atoms with Crippen molar-refractivity contribution in [3.63, 3.8) is 0 Å². The van der Waals surface area contributed by atoms with E-state index in [0.29, 0.717) is 5.88 Å². The summed E-state index contributed by atoms with van der Waals surface area (Å²) in [4.78, 5) is 0. The summed E-state index contributed by atoms with van der Waals surface area (Å²) in [6, 6.07) is 0. The van der Waals surface area contributed by atoms with Gasteiger partial charge in [0, 0.05) is 5.88 Å². The van der Waals surface area contributed by atoms with Crippen molar-refractivity contribution in [3.8, 4) is 0 Å². The maximum atomic E-state index is 5.93. The molecular formula is C15H29Cl. The molecule has 0 heterocycles. The SMILES string of the molecule is C=CC(C)(CCl)CCCCCCCCCC.